The molecule has 0 aliphatic carbocycles. The minimum Gasteiger partial charge on any atom is -0.412 e. The second kappa shape index (κ2) is 9.72. The van der Waals surface area contributed by atoms with Gasteiger partial charge in [0.1, 0.15) is 12.8 Å². The molecule has 3 heterocycles. The molecule has 0 aliphatic heterocycles. The molecule has 0 radical (unpaired) electrons. The summed E-state index contributed by atoms with van der Waals surface area (Å²) < 4.78 is 1.04. The Morgan fingerprint density at radius 3 is 2.68 bits per heavy atom. The van der Waals surface area contributed by atoms with E-state index < -0.39 is 5.56 Å². The molecule has 3 aromatic heterocycles. The fourth-order valence-electron chi connectivity index (χ4n) is 3.43. The van der Waals surface area contributed by atoms with E-state index >= 15 is 0 Å². The second-order valence-electron chi connectivity index (χ2n) is 7.24. The molecule has 4 rings (SSSR count). The van der Waals surface area contributed by atoms with E-state index in [4.69, 9.17) is 33.1 Å². The molecule has 176 valence electrons. The Hall–Kier alpha value is -3.60. The third kappa shape index (κ3) is 4.43. The molecule has 4 aromatic rings. The van der Waals surface area contributed by atoms with Crippen LogP contribution in [0.3, 0.4) is 0 Å². The number of aromatic nitrogens is 4. The fraction of sp³-hybridized carbons (Fsp3) is 0.182. The molecule has 0 aliphatic rings. The number of aryl methyl sites for hydroxylation is 1. The maximum Gasteiger partial charge on any atom is 0.293 e. The fourth-order valence-corrected chi connectivity index (χ4v) is 4.03. The van der Waals surface area contributed by atoms with Crippen LogP contribution >= 0.6 is 23.2 Å². The number of fused-ring (bicyclic) bond motifs is 1. The summed E-state index contributed by atoms with van der Waals surface area (Å²) in [5.74, 6) is -0.172. The number of aliphatic hydroxyl groups is 1. The van der Waals surface area contributed by atoms with Crippen LogP contribution in [0.25, 0.3) is 22.2 Å². The lowest BCUT2D eigenvalue weighted by Gasteiger charge is -2.13. The zero-order valence-electron chi connectivity index (χ0n) is 18.1. The van der Waals surface area contributed by atoms with Gasteiger partial charge in [-0.1, -0.05) is 29.3 Å². The lowest BCUT2D eigenvalue weighted by atomic mass is 10.1. The van der Waals surface area contributed by atoms with E-state index in [0.29, 0.717) is 38.1 Å². The Labute approximate surface area is 203 Å². The van der Waals surface area contributed by atoms with Gasteiger partial charge in [0.2, 0.25) is 5.95 Å². The van der Waals surface area contributed by atoms with Gasteiger partial charge in [-0.05, 0) is 31.2 Å². The number of aliphatic hydroxyl groups excluding tert-OH is 1. The molecule has 0 saturated carbocycles. The standard InChI is InChI=1S/C22H20Cl2N6O4/c1-11-16(9-17(27-11)20(32)25-6-7-31)28-22-26-10-12-8-13(18-14(23)4-3-5-15(18)24)21(33)30(34-2)19(12)29-22/h3-5,8-10,27,31H,6-7H2,1-2H3,(H,25,32)(H,26,28,29). The van der Waals surface area contributed by atoms with E-state index in [9.17, 15) is 9.59 Å². The number of pyridine rings is 1. The number of nitrogens with one attached hydrogen (secondary N) is 3. The average molecular weight is 503 g/mol. The number of carbonyl (C=O) groups is 1. The van der Waals surface area contributed by atoms with Crippen LogP contribution in [0.2, 0.25) is 10.0 Å². The van der Waals surface area contributed by atoms with Gasteiger partial charge in [-0.25, -0.2) is 4.98 Å². The van der Waals surface area contributed by atoms with Crippen molar-refractivity contribution < 1.29 is 14.7 Å². The number of hydrogen-bond acceptors (Lipinski definition) is 7. The number of benzene rings is 1. The summed E-state index contributed by atoms with van der Waals surface area (Å²) in [7, 11) is 1.35. The van der Waals surface area contributed by atoms with Gasteiger partial charge < -0.3 is 25.6 Å². The highest BCUT2D eigenvalue weighted by atomic mass is 35.5. The van der Waals surface area contributed by atoms with Crippen LogP contribution in [-0.2, 0) is 0 Å². The van der Waals surface area contributed by atoms with E-state index in [0.717, 1.165) is 4.73 Å². The highest BCUT2D eigenvalue weighted by Crippen LogP contribution is 2.33. The normalized spacial score (nSPS) is 11.0. The van der Waals surface area contributed by atoms with Crippen LogP contribution in [-0.4, -0.2) is 51.0 Å². The predicted octanol–water partition coefficient (Wildman–Crippen LogP) is 2.93. The number of hydrogen-bond donors (Lipinski definition) is 4. The number of nitrogens with zero attached hydrogens (tertiary/aromatic N) is 3. The number of aromatic amines is 1. The highest BCUT2D eigenvalue weighted by molar-refractivity contribution is 6.39. The highest BCUT2D eigenvalue weighted by Gasteiger charge is 2.19. The van der Waals surface area contributed by atoms with Crippen LogP contribution in [0.4, 0.5) is 11.6 Å². The van der Waals surface area contributed by atoms with Crippen molar-refractivity contribution in [1.29, 1.82) is 0 Å². The third-order valence-corrected chi connectivity index (χ3v) is 5.65. The Balaban J connectivity index is 1.74. The summed E-state index contributed by atoms with van der Waals surface area (Å²) >= 11 is 12.6. The smallest absolute Gasteiger partial charge is 0.293 e. The predicted molar refractivity (Wildman–Crippen MR) is 130 cm³/mol. The van der Waals surface area contributed by atoms with Crippen molar-refractivity contribution in [3.63, 3.8) is 0 Å². The molecule has 0 fully saturated rings. The van der Waals surface area contributed by atoms with Gasteiger partial charge >= 0.3 is 0 Å². The van der Waals surface area contributed by atoms with Crippen molar-refractivity contribution in [3.05, 3.63) is 68.3 Å². The lowest BCUT2D eigenvalue weighted by molar-refractivity contribution is 0.0940. The van der Waals surface area contributed by atoms with E-state index in [2.05, 4.69) is 25.6 Å². The van der Waals surface area contributed by atoms with Crippen molar-refractivity contribution in [2.75, 3.05) is 25.6 Å². The molecule has 0 bridgehead atoms. The molecule has 0 atom stereocenters. The quantitative estimate of drug-likeness (QED) is 0.305. The Kier molecular flexibility index (Phi) is 6.73. The van der Waals surface area contributed by atoms with Crippen molar-refractivity contribution in [1.82, 2.24) is 25.0 Å². The minimum absolute atomic E-state index is 0.142. The monoisotopic (exact) mass is 502 g/mol. The van der Waals surface area contributed by atoms with Crippen LogP contribution in [0.5, 0.6) is 0 Å². The van der Waals surface area contributed by atoms with Crippen molar-refractivity contribution in [2.45, 2.75) is 6.92 Å². The number of carbonyl (C=O) groups excluding carboxylic acids is 1. The summed E-state index contributed by atoms with van der Waals surface area (Å²) in [5.41, 5.74) is 1.92. The van der Waals surface area contributed by atoms with Crippen LogP contribution < -0.4 is 21.0 Å². The molecule has 34 heavy (non-hydrogen) atoms. The molecule has 4 N–H and O–H groups in total. The number of anilines is 2. The summed E-state index contributed by atoms with van der Waals surface area (Å²) in [5, 5.41) is 15.7. The topological polar surface area (TPSA) is 134 Å². The van der Waals surface area contributed by atoms with Gasteiger partial charge in [0.15, 0.2) is 5.65 Å². The number of halogens is 2. The Morgan fingerprint density at radius 2 is 2.00 bits per heavy atom. The van der Waals surface area contributed by atoms with Gasteiger partial charge in [-0.3, -0.25) is 9.59 Å². The SMILES string of the molecule is COn1c(=O)c(-c2c(Cl)cccc2Cl)cc2cnc(Nc3cc(C(=O)NCCO)[nH]c3C)nc21. The first kappa shape index (κ1) is 23.6. The maximum atomic E-state index is 13.2. The lowest BCUT2D eigenvalue weighted by Crippen LogP contribution is -2.27. The Morgan fingerprint density at radius 1 is 1.26 bits per heavy atom. The van der Waals surface area contributed by atoms with Crippen molar-refractivity contribution >= 4 is 51.8 Å². The van der Waals surface area contributed by atoms with Crippen molar-refractivity contribution in [2.24, 2.45) is 0 Å². The molecular weight excluding hydrogens is 483 g/mol. The third-order valence-electron chi connectivity index (χ3n) is 5.02. The largest absolute Gasteiger partial charge is 0.412 e. The molecule has 0 spiro atoms. The summed E-state index contributed by atoms with van der Waals surface area (Å²) in [6, 6.07) is 8.18. The van der Waals surface area contributed by atoms with Gasteiger partial charge in [-0.15, -0.1) is 4.73 Å². The minimum atomic E-state index is -0.490. The van der Waals surface area contributed by atoms with E-state index in [1.54, 1.807) is 37.3 Å². The van der Waals surface area contributed by atoms with Crippen LogP contribution in [0, 0.1) is 6.92 Å². The Bertz CT molecular complexity index is 1430. The van der Waals surface area contributed by atoms with Gasteiger partial charge in [0.05, 0.1) is 27.9 Å². The van der Waals surface area contributed by atoms with Gasteiger partial charge in [0.25, 0.3) is 11.5 Å². The second-order valence-corrected chi connectivity index (χ2v) is 8.05. The van der Waals surface area contributed by atoms with Crippen molar-refractivity contribution in [3.8, 4) is 11.1 Å². The first-order valence-electron chi connectivity index (χ1n) is 10.1. The first-order valence-corrected chi connectivity index (χ1v) is 10.9. The van der Waals surface area contributed by atoms with E-state index in [-0.39, 0.29) is 36.2 Å². The molecule has 1 amide bonds. The van der Waals surface area contributed by atoms with Crippen LogP contribution in [0.1, 0.15) is 16.2 Å². The average Bonchev–Trinajstić information content (AvgIpc) is 3.18. The number of amides is 1. The maximum absolute atomic E-state index is 13.2. The molecule has 1 aromatic carbocycles. The first-order chi connectivity index (χ1) is 16.3. The molecular formula is C22H20Cl2N6O4. The van der Waals surface area contributed by atoms with Gasteiger partial charge in [-0.2, -0.15) is 4.98 Å². The summed E-state index contributed by atoms with van der Waals surface area (Å²) in [6.45, 7) is 1.76. The summed E-state index contributed by atoms with van der Waals surface area (Å²) in [6.07, 6.45) is 1.53. The van der Waals surface area contributed by atoms with E-state index in [1.165, 1.54) is 13.3 Å². The van der Waals surface area contributed by atoms with Gasteiger partial charge in [0, 0.05) is 29.4 Å². The molecule has 12 heteroatoms. The zero-order valence-corrected chi connectivity index (χ0v) is 19.7. The van der Waals surface area contributed by atoms with E-state index in [1.807, 2.05) is 0 Å². The summed E-state index contributed by atoms with van der Waals surface area (Å²) in [4.78, 5) is 42.3. The molecule has 10 nitrogen and oxygen atoms in total. The molecule has 0 saturated heterocycles. The van der Waals surface area contributed by atoms with Crippen LogP contribution in [0.15, 0.2) is 41.3 Å². The number of rotatable bonds is 7. The number of H-pyrrole nitrogens is 1. The molecule has 0 unspecified atom stereocenters. The zero-order chi connectivity index (χ0) is 24.4.